The molecule has 0 saturated carbocycles. The fourth-order valence-electron chi connectivity index (χ4n) is 4.08. The van der Waals surface area contributed by atoms with E-state index in [2.05, 4.69) is 63.9 Å². The standard InChI is InChI=1S/C23H26N4OS/c1-4-15-26-22(21(25-23(26)29)19-7-5-6-14-24-19)20-13-8-16(2)27(20)17-9-11-18(28-3)12-10-17/h5-14,21-22H,4,15H2,1-3H3,(H,25,29)/t21-,22-/m0/s1. The fraction of sp³-hybridized carbons (Fsp3) is 0.304. The fourth-order valence-corrected chi connectivity index (χ4v) is 4.41. The number of nitrogens with one attached hydrogen (secondary N) is 1. The SMILES string of the molecule is CCCN1C(=S)N[C@@H](c2ccccn2)[C@@H]1c1ccc(C)n1-c1ccc(OC)cc1. The van der Waals surface area contributed by atoms with Crippen molar-refractivity contribution in [3.8, 4) is 11.4 Å². The highest BCUT2D eigenvalue weighted by atomic mass is 32.1. The smallest absolute Gasteiger partial charge is 0.170 e. The summed E-state index contributed by atoms with van der Waals surface area (Å²) in [5.74, 6) is 0.850. The molecule has 0 aliphatic carbocycles. The van der Waals surface area contributed by atoms with Gasteiger partial charge in [-0.2, -0.15) is 0 Å². The van der Waals surface area contributed by atoms with Crippen molar-refractivity contribution < 1.29 is 4.74 Å². The quantitative estimate of drug-likeness (QED) is 0.607. The molecule has 3 heterocycles. The minimum atomic E-state index is 0.00143. The molecule has 0 amide bonds. The Kier molecular flexibility index (Phi) is 5.53. The second-order valence-corrected chi connectivity index (χ2v) is 7.64. The first kappa shape index (κ1) is 19.5. The molecule has 1 aromatic carbocycles. The number of methoxy groups -OCH3 is 1. The lowest BCUT2D eigenvalue weighted by Crippen LogP contribution is -2.31. The lowest BCUT2D eigenvalue weighted by molar-refractivity contribution is 0.308. The van der Waals surface area contributed by atoms with Crippen LogP contribution in [0.15, 0.2) is 60.8 Å². The highest BCUT2D eigenvalue weighted by Gasteiger charge is 2.41. The molecule has 29 heavy (non-hydrogen) atoms. The van der Waals surface area contributed by atoms with Gasteiger partial charge in [0.25, 0.3) is 0 Å². The van der Waals surface area contributed by atoms with Crippen LogP contribution in [0.5, 0.6) is 5.75 Å². The minimum Gasteiger partial charge on any atom is -0.497 e. The van der Waals surface area contributed by atoms with Gasteiger partial charge in [-0.3, -0.25) is 4.98 Å². The topological polar surface area (TPSA) is 42.3 Å². The number of hydrogen-bond donors (Lipinski definition) is 1. The molecule has 2 atom stereocenters. The van der Waals surface area contributed by atoms with E-state index >= 15 is 0 Å². The summed E-state index contributed by atoms with van der Waals surface area (Å²) in [4.78, 5) is 6.92. The van der Waals surface area contributed by atoms with Crippen molar-refractivity contribution in [2.45, 2.75) is 32.4 Å². The molecule has 0 radical (unpaired) electrons. The van der Waals surface area contributed by atoms with Crippen LogP contribution in [0, 0.1) is 6.92 Å². The van der Waals surface area contributed by atoms with Crippen molar-refractivity contribution in [3.63, 3.8) is 0 Å². The number of rotatable bonds is 6. The number of aromatic nitrogens is 2. The number of thiocarbonyl (C=S) groups is 1. The third kappa shape index (κ3) is 3.60. The summed E-state index contributed by atoms with van der Waals surface area (Å²) < 4.78 is 7.64. The number of pyridine rings is 1. The number of nitrogens with zero attached hydrogens (tertiary/aromatic N) is 3. The lowest BCUT2D eigenvalue weighted by Gasteiger charge is -2.29. The number of hydrogen-bond acceptors (Lipinski definition) is 3. The molecular weight excluding hydrogens is 380 g/mol. The Hall–Kier alpha value is -2.86. The Bertz CT molecular complexity index is 984. The number of aryl methyl sites for hydroxylation is 1. The zero-order chi connectivity index (χ0) is 20.4. The van der Waals surface area contributed by atoms with Gasteiger partial charge in [-0.05, 0) is 74.1 Å². The van der Waals surface area contributed by atoms with Gasteiger partial charge in [-0.1, -0.05) is 13.0 Å². The van der Waals surface area contributed by atoms with Gasteiger partial charge in [0.15, 0.2) is 5.11 Å². The zero-order valence-corrected chi connectivity index (χ0v) is 17.8. The highest BCUT2D eigenvalue weighted by molar-refractivity contribution is 7.80. The Morgan fingerprint density at radius 3 is 2.55 bits per heavy atom. The van der Waals surface area contributed by atoms with Crippen LogP contribution in [0.4, 0.5) is 0 Å². The van der Waals surface area contributed by atoms with E-state index in [-0.39, 0.29) is 12.1 Å². The first-order valence-electron chi connectivity index (χ1n) is 9.94. The third-order valence-electron chi connectivity index (χ3n) is 5.40. The van der Waals surface area contributed by atoms with E-state index in [1.165, 1.54) is 11.4 Å². The second-order valence-electron chi connectivity index (χ2n) is 7.25. The van der Waals surface area contributed by atoms with Crippen molar-refractivity contribution in [3.05, 3.63) is 77.9 Å². The van der Waals surface area contributed by atoms with Gasteiger partial charge in [0.05, 0.1) is 24.9 Å². The summed E-state index contributed by atoms with van der Waals surface area (Å²) in [5, 5.41) is 4.31. The summed E-state index contributed by atoms with van der Waals surface area (Å²) in [6.07, 6.45) is 2.86. The molecule has 0 unspecified atom stereocenters. The summed E-state index contributed by atoms with van der Waals surface area (Å²) in [6.45, 7) is 5.21. The Balaban J connectivity index is 1.82. The van der Waals surface area contributed by atoms with Crippen LogP contribution in [0.1, 0.15) is 42.5 Å². The van der Waals surface area contributed by atoms with Crippen molar-refractivity contribution in [2.75, 3.05) is 13.7 Å². The van der Waals surface area contributed by atoms with E-state index in [1.54, 1.807) is 7.11 Å². The van der Waals surface area contributed by atoms with E-state index in [4.69, 9.17) is 17.0 Å². The van der Waals surface area contributed by atoms with Crippen LogP contribution in [0.25, 0.3) is 5.69 Å². The van der Waals surface area contributed by atoms with E-state index in [0.29, 0.717) is 0 Å². The molecule has 1 aliphatic rings. The van der Waals surface area contributed by atoms with Gasteiger partial charge in [0.2, 0.25) is 0 Å². The molecule has 5 nitrogen and oxygen atoms in total. The summed E-state index contributed by atoms with van der Waals surface area (Å²) in [7, 11) is 1.69. The normalized spacial score (nSPS) is 18.7. The molecule has 1 aliphatic heterocycles. The van der Waals surface area contributed by atoms with E-state index in [0.717, 1.165) is 35.2 Å². The van der Waals surface area contributed by atoms with Gasteiger partial charge >= 0.3 is 0 Å². The van der Waals surface area contributed by atoms with Crippen molar-refractivity contribution in [1.82, 2.24) is 19.8 Å². The predicted molar refractivity (Wildman–Crippen MR) is 120 cm³/mol. The number of benzene rings is 1. The van der Waals surface area contributed by atoms with E-state index in [1.807, 2.05) is 30.5 Å². The predicted octanol–water partition coefficient (Wildman–Crippen LogP) is 4.57. The van der Waals surface area contributed by atoms with Crippen LogP contribution in [0.2, 0.25) is 0 Å². The molecule has 1 fully saturated rings. The van der Waals surface area contributed by atoms with E-state index < -0.39 is 0 Å². The lowest BCUT2D eigenvalue weighted by atomic mass is 10.0. The van der Waals surface area contributed by atoms with Gasteiger partial charge in [0.1, 0.15) is 5.75 Å². The van der Waals surface area contributed by atoms with Crippen LogP contribution in [-0.4, -0.2) is 33.2 Å². The van der Waals surface area contributed by atoms with Crippen LogP contribution >= 0.6 is 12.2 Å². The number of ether oxygens (including phenoxy) is 1. The van der Waals surface area contributed by atoms with Crippen molar-refractivity contribution in [1.29, 1.82) is 0 Å². The van der Waals surface area contributed by atoms with Crippen molar-refractivity contribution in [2.24, 2.45) is 0 Å². The molecule has 0 spiro atoms. The maximum absolute atomic E-state index is 5.72. The van der Waals surface area contributed by atoms with Crippen molar-refractivity contribution >= 4 is 17.3 Å². The minimum absolute atomic E-state index is 0.00143. The van der Waals surface area contributed by atoms with Crippen LogP contribution in [-0.2, 0) is 0 Å². The van der Waals surface area contributed by atoms with Gasteiger partial charge in [-0.25, -0.2) is 0 Å². The molecule has 2 aromatic heterocycles. The summed E-state index contributed by atoms with van der Waals surface area (Å²) in [6, 6.07) is 18.7. The van der Waals surface area contributed by atoms with E-state index in [9.17, 15) is 0 Å². The molecule has 1 saturated heterocycles. The first-order valence-corrected chi connectivity index (χ1v) is 10.4. The van der Waals surface area contributed by atoms with Gasteiger partial charge < -0.3 is 19.5 Å². The van der Waals surface area contributed by atoms with Gasteiger partial charge in [0, 0.05) is 29.8 Å². The summed E-state index contributed by atoms with van der Waals surface area (Å²) >= 11 is 5.72. The largest absolute Gasteiger partial charge is 0.497 e. The Labute approximate surface area is 177 Å². The maximum Gasteiger partial charge on any atom is 0.170 e. The summed E-state index contributed by atoms with van der Waals surface area (Å²) in [5.41, 5.74) is 4.49. The molecule has 1 N–H and O–H groups in total. The van der Waals surface area contributed by atoms with Gasteiger partial charge in [-0.15, -0.1) is 0 Å². The van der Waals surface area contributed by atoms with Crippen LogP contribution in [0.3, 0.4) is 0 Å². The highest BCUT2D eigenvalue weighted by Crippen LogP contribution is 2.40. The molecule has 0 bridgehead atoms. The molecular formula is C23H26N4OS. The molecule has 4 rings (SSSR count). The second kappa shape index (κ2) is 8.25. The Morgan fingerprint density at radius 2 is 1.90 bits per heavy atom. The van der Waals surface area contributed by atoms with Crippen LogP contribution < -0.4 is 10.1 Å². The molecule has 150 valence electrons. The monoisotopic (exact) mass is 406 g/mol. The third-order valence-corrected chi connectivity index (χ3v) is 5.75. The first-order chi connectivity index (χ1) is 14.1. The average Bonchev–Trinajstić information content (AvgIpc) is 3.29. The molecule has 6 heteroatoms. The molecule has 3 aromatic rings. The Morgan fingerprint density at radius 1 is 1.10 bits per heavy atom. The average molecular weight is 407 g/mol. The maximum atomic E-state index is 5.72. The zero-order valence-electron chi connectivity index (χ0n) is 17.0.